The summed E-state index contributed by atoms with van der Waals surface area (Å²) in [6.45, 7) is 0. The highest BCUT2D eigenvalue weighted by atomic mass is 35.5. The van der Waals surface area contributed by atoms with Gasteiger partial charge in [-0.2, -0.15) is 0 Å². The van der Waals surface area contributed by atoms with Crippen molar-refractivity contribution in [2.24, 2.45) is 5.84 Å². The highest BCUT2D eigenvalue weighted by Crippen LogP contribution is 2.36. The fourth-order valence-corrected chi connectivity index (χ4v) is 5.61. The van der Waals surface area contributed by atoms with Gasteiger partial charge >= 0.3 is 0 Å². The molecular formula is C14H14Cl2N2O7S3. The minimum atomic E-state index is -4.70. The maximum Gasteiger partial charge on any atom is 0.269 e. The van der Waals surface area contributed by atoms with Crippen molar-refractivity contribution < 1.29 is 30.0 Å². The van der Waals surface area contributed by atoms with Gasteiger partial charge in [-0.15, -0.1) is 0 Å². The zero-order valence-corrected chi connectivity index (χ0v) is 18.3. The van der Waals surface area contributed by atoms with Crippen LogP contribution >= 0.6 is 23.2 Å². The van der Waals surface area contributed by atoms with Crippen molar-refractivity contribution in [1.29, 1.82) is 0 Å². The highest BCUT2D eigenvalue weighted by Gasteiger charge is 2.31. The van der Waals surface area contributed by atoms with Crippen molar-refractivity contribution in [2.45, 2.75) is 9.79 Å². The minimum absolute atomic E-state index is 0.00164. The summed E-state index contributed by atoms with van der Waals surface area (Å²) in [7, 11) is -12.8. The van der Waals surface area contributed by atoms with E-state index in [2.05, 4.69) is 0 Å². The van der Waals surface area contributed by atoms with Gasteiger partial charge in [0.15, 0.2) is 9.84 Å². The Morgan fingerprint density at radius 3 is 2.00 bits per heavy atom. The number of hydrogen-bond acceptors (Lipinski definition) is 8. The molecule has 154 valence electrons. The van der Waals surface area contributed by atoms with E-state index in [-0.39, 0.29) is 19.5 Å². The SMILES string of the molecule is CS(=O)(=O)c1ccc(S(=O)(=O)N(N)S(C)(=O)=O)cc1Oc1ccc(Cl)cc1Cl. The molecule has 0 aromatic heterocycles. The number of nitrogens with two attached hydrogens (primary N) is 1. The molecule has 0 unspecified atom stereocenters. The van der Waals surface area contributed by atoms with Gasteiger partial charge in [0.05, 0.1) is 16.2 Å². The number of ether oxygens (including phenoxy) is 1. The minimum Gasteiger partial charge on any atom is -0.454 e. The lowest BCUT2D eigenvalue weighted by Crippen LogP contribution is -2.41. The summed E-state index contributed by atoms with van der Waals surface area (Å²) in [6, 6.07) is 6.80. The Labute approximate surface area is 172 Å². The molecule has 28 heavy (non-hydrogen) atoms. The van der Waals surface area contributed by atoms with E-state index in [1.54, 1.807) is 0 Å². The number of sulfone groups is 1. The molecule has 14 heteroatoms. The monoisotopic (exact) mass is 488 g/mol. The first kappa shape index (κ1) is 22.9. The van der Waals surface area contributed by atoms with Crippen LogP contribution < -0.4 is 10.6 Å². The summed E-state index contributed by atoms with van der Waals surface area (Å²) in [5.74, 6) is 4.79. The summed E-state index contributed by atoms with van der Waals surface area (Å²) >= 11 is 11.8. The van der Waals surface area contributed by atoms with Crippen molar-refractivity contribution in [3.63, 3.8) is 0 Å². The van der Waals surface area contributed by atoms with E-state index in [9.17, 15) is 25.3 Å². The summed E-state index contributed by atoms with van der Waals surface area (Å²) in [5, 5.41) is 0.334. The molecule has 0 aliphatic carbocycles. The molecule has 0 aliphatic rings. The molecule has 2 aromatic carbocycles. The first-order valence-corrected chi connectivity index (χ1v) is 13.0. The fraction of sp³-hybridized carbons (Fsp3) is 0.143. The molecule has 0 aliphatic heterocycles. The van der Waals surface area contributed by atoms with E-state index in [1.807, 2.05) is 0 Å². The number of benzene rings is 2. The highest BCUT2D eigenvalue weighted by molar-refractivity contribution is 8.03. The molecule has 0 fully saturated rings. The van der Waals surface area contributed by atoms with E-state index >= 15 is 0 Å². The first-order chi connectivity index (χ1) is 12.6. The van der Waals surface area contributed by atoms with Gasteiger partial charge in [-0.25, -0.2) is 31.1 Å². The van der Waals surface area contributed by atoms with Crippen molar-refractivity contribution in [1.82, 2.24) is 3.82 Å². The Morgan fingerprint density at radius 1 is 0.893 bits per heavy atom. The molecule has 0 heterocycles. The molecule has 0 bridgehead atoms. The molecule has 0 saturated carbocycles. The van der Waals surface area contributed by atoms with Gasteiger partial charge in [0, 0.05) is 17.3 Å². The number of sulfonamides is 2. The second-order valence-electron chi connectivity index (χ2n) is 5.55. The summed E-state index contributed by atoms with van der Waals surface area (Å²) in [6.07, 6.45) is 1.49. The Hall–Kier alpha value is -1.41. The Bertz CT molecular complexity index is 1240. The summed E-state index contributed by atoms with van der Waals surface area (Å²) < 4.78 is 77.0. The molecule has 2 N–H and O–H groups in total. The fourth-order valence-electron chi connectivity index (χ4n) is 1.99. The maximum atomic E-state index is 12.4. The van der Waals surface area contributed by atoms with E-state index in [1.165, 1.54) is 18.2 Å². The van der Waals surface area contributed by atoms with Crippen LogP contribution in [0.25, 0.3) is 0 Å². The van der Waals surface area contributed by atoms with Gasteiger partial charge < -0.3 is 4.74 Å². The van der Waals surface area contributed by atoms with Crippen molar-refractivity contribution >= 4 is 53.1 Å². The van der Waals surface area contributed by atoms with E-state index < -0.39 is 40.5 Å². The van der Waals surface area contributed by atoms with Crippen LogP contribution in [0.15, 0.2) is 46.2 Å². The Kier molecular flexibility index (Phi) is 6.36. The zero-order valence-electron chi connectivity index (χ0n) is 14.3. The predicted molar refractivity (Wildman–Crippen MR) is 104 cm³/mol. The third-order valence-electron chi connectivity index (χ3n) is 3.29. The normalized spacial score (nSPS) is 12.9. The zero-order chi connectivity index (χ0) is 21.5. The topological polar surface area (TPSA) is 141 Å². The van der Waals surface area contributed by atoms with Gasteiger partial charge in [0.25, 0.3) is 10.0 Å². The molecular weight excluding hydrogens is 475 g/mol. The van der Waals surface area contributed by atoms with Crippen LogP contribution in [0, 0.1) is 0 Å². The van der Waals surface area contributed by atoms with E-state index in [0.717, 1.165) is 24.5 Å². The van der Waals surface area contributed by atoms with E-state index in [4.69, 9.17) is 33.8 Å². The molecule has 2 rings (SSSR count). The first-order valence-electron chi connectivity index (χ1n) is 7.11. The molecule has 9 nitrogen and oxygen atoms in total. The third kappa shape index (κ3) is 4.95. The van der Waals surface area contributed by atoms with Crippen LogP contribution in [-0.4, -0.2) is 41.6 Å². The quantitative estimate of drug-likeness (QED) is 0.480. The number of nitrogens with zero attached hydrogens (tertiary/aromatic N) is 1. The van der Waals surface area contributed by atoms with Gasteiger partial charge in [-0.1, -0.05) is 23.2 Å². The Balaban J connectivity index is 2.67. The second kappa shape index (κ2) is 7.78. The summed E-state index contributed by atoms with van der Waals surface area (Å²) in [4.78, 5) is -0.951. The van der Waals surface area contributed by atoms with Gasteiger partial charge in [0.2, 0.25) is 10.0 Å². The third-order valence-corrected chi connectivity index (χ3v) is 8.34. The summed E-state index contributed by atoms with van der Waals surface area (Å²) in [5.41, 5.74) is 0. The van der Waals surface area contributed by atoms with Gasteiger partial charge in [-0.05, 0) is 34.2 Å². The lowest BCUT2D eigenvalue weighted by Gasteiger charge is -2.16. The van der Waals surface area contributed by atoms with Crippen LogP contribution in [-0.2, 0) is 29.9 Å². The van der Waals surface area contributed by atoms with Crippen molar-refractivity contribution in [2.75, 3.05) is 12.5 Å². The van der Waals surface area contributed by atoms with Crippen LogP contribution in [0.4, 0.5) is 0 Å². The van der Waals surface area contributed by atoms with Crippen molar-refractivity contribution in [3.8, 4) is 11.5 Å². The standard InChI is InChI=1S/C14H14Cl2N2O7S3/c1-26(19,20)14-6-4-10(28(23,24)18(17)27(2,21)22)8-13(14)25-12-5-3-9(15)7-11(12)16/h3-8H,17H2,1-2H3. The van der Waals surface area contributed by atoms with Crippen LogP contribution in [0.5, 0.6) is 11.5 Å². The van der Waals surface area contributed by atoms with Crippen LogP contribution in [0.2, 0.25) is 10.0 Å². The number of rotatable bonds is 6. The number of hydrazine groups is 1. The smallest absolute Gasteiger partial charge is 0.269 e. The van der Waals surface area contributed by atoms with Gasteiger partial charge in [0.1, 0.15) is 16.4 Å². The van der Waals surface area contributed by atoms with Crippen LogP contribution in [0.3, 0.4) is 0 Å². The number of hydrogen-bond donors (Lipinski definition) is 1. The molecule has 0 saturated heterocycles. The largest absolute Gasteiger partial charge is 0.454 e. The lowest BCUT2D eigenvalue weighted by atomic mass is 10.3. The average molecular weight is 489 g/mol. The second-order valence-corrected chi connectivity index (χ2v) is 12.3. The Morgan fingerprint density at radius 2 is 1.50 bits per heavy atom. The number of halogens is 2. The van der Waals surface area contributed by atoms with Crippen LogP contribution in [0.1, 0.15) is 0 Å². The molecule has 0 atom stereocenters. The molecule has 2 aromatic rings. The van der Waals surface area contributed by atoms with Crippen molar-refractivity contribution in [3.05, 3.63) is 46.4 Å². The van der Waals surface area contributed by atoms with Gasteiger partial charge in [-0.3, -0.25) is 0 Å². The average Bonchev–Trinajstić information content (AvgIpc) is 2.54. The molecule has 0 radical (unpaired) electrons. The van der Waals surface area contributed by atoms with E-state index in [0.29, 0.717) is 11.3 Å². The lowest BCUT2D eigenvalue weighted by molar-refractivity contribution is 0.464. The molecule has 0 amide bonds. The maximum absolute atomic E-state index is 12.4. The predicted octanol–water partition coefficient (Wildman–Crippen LogP) is 2.01. The molecule has 0 spiro atoms.